The highest BCUT2D eigenvalue weighted by atomic mass is 79.9. The maximum Gasteiger partial charge on any atom is 0.301 e. The van der Waals surface area contributed by atoms with Gasteiger partial charge in [0.25, 0.3) is 5.78 Å². The molecular weight excluding hydrogens is 516 g/mol. The van der Waals surface area contributed by atoms with Crippen LogP contribution in [0.25, 0.3) is 5.76 Å². The van der Waals surface area contributed by atoms with Crippen molar-refractivity contribution >= 4 is 39.2 Å². The Kier molecular flexibility index (Phi) is 6.46. The molecule has 0 saturated carbocycles. The SMILES string of the molecule is COc1ccc([C@@H]2/C(=C(\O)c3ccc(Br)cc3)C(=O)C(=O)N2c2cc(C(C)(C)C)on2)cc1OC. The van der Waals surface area contributed by atoms with Gasteiger partial charge in [0.1, 0.15) is 11.5 Å². The maximum atomic E-state index is 13.3. The number of aliphatic hydroxyl groups is 1. The molecule has 182 valence electrons. The number of Topliss-reactive ketones (excluding diaryl/α,β-unsaturated/α-hetero) is 1. The number of ether oxygens (including phenoxy) is 2. The molecule has 1 saturated heterocycles. The fraction of sp³-hybridized carbons (Fsp3) is 0.269. The van der Waals surface area contributed by atoms with Crippen LogP contribution in [0, 0.1) is 0 Å². The van der Waals surface area contributed by atoms with Gasteiger partial charge in [-0.25, -0.2) is 0 Å². The summed E-state index contributed by atoms with van der Waals surface area (Å²) in [5, 5.41) is 15.3. The van der Waals surface area contributed by atoms with Crippen LogP contribution in [0.1, 0.15) is 43.7 Å². The number of anilines is 1. The molecule has 1 aliphatic heterocycles. The van der Waals surface area contributed by atoms with Crippen molar-refractivity contribution in [2.45, 2.75) is 32.2 Å². The molecule has 1 fully saturated rings. The maximum absolute atomic E-state index is 13.3. The molecule has 1 atom stereocenters. The second-order valence-electron chi connectivity index (χ2n) is 9.09. The molecule has 0 bridgehead atoms. The van der Waals surface area contributed by atoms with Crippen molar-refractivity contribution < 1.29 is 28.7 Å². The van der Waals surface area contributed by atoms with Crippen LogP contribution in [0.5, 0.6) is 11.5 Å². The van der Waals surface area contributed by atoms with Gasteiger partial charge in [0.15, 0.2) is 17.3 Å². The molecule has 2 heterocycles. The number of hydrogen-bond acceptors (Lipinski definition) is 7. The normalized spacial score (nSPS) is 17.7. The number of amides is 1. The first kappa shape index (κ1) is 24.5. The van der Waals surface area contributed by atoms with Gasteiger partial charge in [-0.15, -0.1) is 0 Å². The molecular formula is C26H25BrN2O6. The van der Waals surface area contributed by atoms with E-state index in [9.17, 15) is 14.7 Å². The summed E-state index contributed by atoms with van der Waals surface area (Å²) in [6.45, 7) is 5.85. The largest absolute Gasteiger partial charge is 0.507 e. The fourth-order valence-electron chi connectivity index (χ4n) is 3.90. The molecule has 9 heteroatoms. The molecule has 8 nitrogen and oxygen atoms in total. The number of ketones is 1. The predicted molar refractivity (Wildman–Crippen MR) is 134 cm³/mol. The summed E-state index contributed by atoms with van der Waals surface area (Å²) >= 11 is 3.36. The minimum Gasteiger partial charge on any atom is -0.507 e. The van der Waals surface area contributed by atoms with Gasteiger partial charge in [-0.2, -0.15) is 0 Å². The van der Waals surface area contributed by atoms with Crippen LogP contribution in [0.4, 0.5) is 5.82 Å². The summed E-state index contributed by atoms with van der Waals surface area (Å²) in [5.41, 5.74) is 0.493. The molecule has 0 spiro atoms. The van der Waals surface area contributed by atoms with Crippen LogP contribution in [-0.2, 0) is 15.0 Å². The van der Waals surface area contributed by atoms with Crippen molar-refractivity contribution in [3.05, 3.63) is 75.5 Å². The second kappa shape index (κ2) is 9.22. The predicted octanol–water partition coefficient (Wildman–Crippen LogP) is 5.38. The van der Waals surface area contributed by atoms with Gasteiger partial charge in [0.05, 0.1) is 25.8 Å². The third-order valence-electron chi connectivity index (χ3n) is 5.77. The van der Waals surface area contributed by atoms with E-state index in [2.05, 4.69) is 21.1 Å². The fourth-order valence-corrected chi connectivity index (χ4v) is 4.17. The summed E-state index contributed by atoms with van der Waals surface area (Å²) in [7, 11) is 3.01. The number of carbonyl (C=O) groups excluding carboxylic acids is 2. The van der Waals surface area contributed by atoms with E-state index < -0.39 is 17.7 Å². The van der Waals surface area contributed by atoms with E-state index in [-0.39, 0.29) is 22.6 Å². The van der Waals surface area contributed by atoms with Crippen molar-refractivity contribution in [3.8, 4) is 11.5 Å². The van der Waals surface area contributed by atoms with E-state index in [1.807, 2.05) is 20.8 Å². The van der Waals surface area contributed by atoms with Crippen LogP contribution < -0.4 is 14.4 Å². The lowest BCUT2D eigenvalue weighted by Crippen LogP contribution is -2.29. The summed E-state index contributed by atoms with van der Waals surface area (Å²) in [5.74, 6) is -0.326. The van der Waals surface area contributed by atoms with Gasteiger partial charge in [-0.05, 0) is 29.8 Å². The Bertz CT molecular complexity index is 1320. The van der Waals surface area contributed by atoms with E-state index in [0.29, 0.717) is 28.4 Å². The van der Waals surface area contributed by atoms with E-state index in [4.69, 9.17) is 14.0 Å². The van der Waals surface area contributed by atoms with E-state index in [1.165, 1.54) is 19.1 Å². The Morgan fingerprint density at radius 1 is 1.03 bits per heavy atom. The zero-order chi connectivity index (χ0) is 25.5. The Morgan fingerprint density at radius 3 is 2.26 bits per heavy atom. The minimum atomic E-state index is -0.976. The molecule has 1 N–H and O–H groups in total. The van der Waals surface area contributed by atoms with Gasteiger partial charge in [-0.3, -0.25) is 14.5 Å². The molecule has 2 aromatic carbocycles. The Morgan fingerprint density at radius 2 is 1.69 bits per heavy atom. The third kappa shape index (κ3) is 4.43. The van der Waals surface area contributed by atoms with Gasteiger partial charge < -0.3 is 19.1 Å². The summed E-state index contributed by atoms with van der Waals surface area (Å²) in [6.07, 6.45) is 0. The average Bonchev–Trinajstić information content (AvgIpc) is 3.42. The molecule has 0 aliphatic carbocycles. The molecule has 0 unspecified atom stereocenters. The summed E-state index contributed by atoms with van der Waals surface area (Å²) < 4.78 is 17.1. The quantitative estimate of drug-likeness (QED) is 0.263. The second-order valence-corrected chi connectivity index (χ2v) is 10.0. The summed E-state index contributed by atoms with van der Waals surface area (Å²) in [4.78, 5) is 27.9. The average molecular weight is 541 g/mol. The molecule has 3 aromatic rings. The van der Waals surface area contributed by atoms with Crippen molar-refractivity contribution in [2.24, 2.45) is 0 Å². The van der Waals surface area contributed by atoms with Crippen LogP contribution in [0.2, 0.25) is 0 Å². The van der Waals surface area contributed by atoms with Gasteiger partial charge in [0, 0.05) is 21.5 Å². The molecule has 35 heavy (non-hydrogen) atoms. The van der Waals surface area contributed by atoms with Crippen molar-refractivity contribution in [2.75, 3.05) is 19.1 Å². The van der Waals surface area contributed by atoms with Crippen LogP contribution in [0.3, 0.4) is 0 Å². The monoisotopic (exact) mass is 540 g/mol. The number of aromatic nitrogens is 1. The summed E-state index contributed by atoms with van der Waals surface area (Å²) in [6, 6.07) is 12.5. The zero-order valence-electron chi connectivity index (χ0n) is 20.0. The molecule has 1 aliphatic rings. The number of nitrogens with zero attached hydrogens (tertiary/aromatic N) is 2. The smallest absolute Gasteiger partial charge is 0.301 e. The number of methoxy groups -OCH3 is 2. The highest BCUT2D eigenvalue weighted by Gasteiger charge is 2.48. The van der Waals surface area contributed by atoms with Crippen LogP contribution in [-0.4, -0.2) is 36.2 Å². The Hall–Kier alpha value is -3.59. The number of benzene rings is 2. The third-order valence-corrected chi connectivity index (χ3v) is 6.30. The molecule has 1 amide bonds. The first-order valence-corrected chi connectivity index (χ1v) is 11.6. The lowest BCUT2D eigenvalue weighted by atomic mass is 9.93. The van der Waals surface area contributed by atoms with Crippen LogP contribution >= 0.6 is 15.9 Å². The standard InChI is InChI=1S/C26H25BrN2O6/c1-26(2,3)19-13-20(28-35-19)29-22(15-8-11-17(33-4)18(12-15)34-5)21(24(31)25(29)32)23(30)14-6-9-16(27)10-7-14/h6-13,22,30H,1-5H3/b23-21+/t22-/m1/s1. The molecule has 0 radical (unpaired) electrons. The number of hydrogen-bond donors (Lipinski definition) is 1. The van der Waals surface area contributed by atoms with Crippen molar-refractivity contribution in [1.82, 2.24) is 5.16 Å². The topological polar surface area (TPSA) is 102 Å². The van der Waals surface area contributed by atoms with Gasteiger partial charge in [-0.1, -0.05) is 60.1 Å². The number of halogens is 1. The minimum absolute atomic E-state index is 0.0650. The highest BCUT2D eigenvalue weighted by Crippen LogP contribution is 2.44. The number of carbonyl (C=O) groups is 2. The lowest BCUT2D eigenvalue weighted by molar-refractivity contribution is -0.132. The lowest BCUT2D eigenvalue weighted by Gasteiger charge is -2.23. The Labute approximate surface area is 211 Å². The van der Waals surface area contributed by atoms with E-state index >= 15 is 0 Å². The first-order chi connectivity index (χ1) is 16.6. The highest BCUT2D eigenvalue weighted by molar-refractivity contribution is 9.10. The molecule has 1 aromatic heterocycles. The van der Waals surface area contributed by atoms with Crippen molar-refractivity contribution in [3.63, 3.8) is 0 Å². The van der Waals surface area contributed by atoms with E-state index in [1.54, 1.807) is 48.5 Å². The van der Waals surface area contributed by atoms with Crippen molar-refractivity contribution in [1.29, 1.82) is 0 Å². The number of aliphatic hydroxyl groups excluding tert-OH is 1. The zero-order valence-corrected chi connectivity index (χ0v) is 21.5. The Balaban J connectivity index is 1.95. The number of rotatable bonds is 5. The van der Waals surface area contributed by atoms with Gasteiger partial charge >= 0.3 is 5.91 Å². The molecule has 4 rings (SSSR count). The van der Waals surface area contributed by atoms with Gasteiger partial charge in [0.2, 0.25) is 0 Å². The van der Waals surface area contributed by atoms with E-state index in [0.717, 1.165) is 4.47 Å². The first-order valence-electron chi connectivity index (χ1n) is 10.8. The van der Waals surface area contributed by atoms with Crippen LogP contribution in [0.15, 0.2) is 63.1 Å².